The molecule has 25 heavy (non-hydrogen) atoms. The molecule has 5 N–H and O–H groups in total. The molecule has 0 radical (unpaired) electrons. The van der Waals surface area contributed by atoms with E-state index in [1.807, 2.05) is 6.92 Å². The first-order valence-electron chi connectivity index (χ1n) is 8.20. The Labute approximate surface area is 143 Å². The van der Waals surface area contributed by atoms with Crippen LogP contribution in [0.1, 0.15) is 33.4 Å². The molecule has 4 atom stereocenters. The number of nitrogens with zero attached hydrogens (tertiary/aromatic N) is 3. The minimum Gasteiger partial charge on any atom is -0.389 e. The third-order valence-electron chi connectivity index (χ3n) is 4.29. The zero-order valence-corrected chi connectivity index (χ0v) is 14.3. The fourth-order valence-corrected chi connectivity index (χ4v) is 2.79. The highest BCUT2D eigenvalue weighted by Gasteiger charge is 2.42. The average Bonchev–Trinajstić information content (AvgIpc) is 3.10. The van der Waals surface area contributed by atoms with Crippen LogP contribution in [0.25, 0.3) is 11.2 Å². The van der Waals surface area contributed by atoms with Gasteiger partial charge in [-0.3, -0.25) is 24.5 Å². The Hall–Kier alpha value is -2.30. The zero-order chi connectivity index (χ0) is 18.3. The molecule has 0 spiro atoms. The fraction of sp³-hybridized carbons (Fsp3) is 0.600. The molecule has 10 heteroatoms. The van der Waals surface area contributed by atoms with Crippen molar-refractivity contribution in [2.24, 2.45) is 11.7 Å². The van der Waals surface area contributed by atoms with Gasteiger partial charge in [-0.1, -0.05) is 20.8 Å². The van der Waals surface area contributed by atoms with Gasteiger partial charge in [0.15, 0.2) is 17.4 Å². The third-order valence-corrected chi connectivity index (χ3v) is 4.29. The van der Waals surface area contributed by atoms with Crippen molar-refractivity contribution in [1.82, 2.24) is 19.5 Å². The first kappa shape index (κ1) is 17.5. The lowest BCUT2D eigenvalue weighted by atomic mass is 10.1. The normalized spacial score (nSPS) is 26.5. The van der Waals surface area contributed by atoms with Crippen molar-refractivity contribution in [3.05, 3.63) is 16.7 Å². The van der Waals surface area contributed by atoms with E-state index < -0.39 is 30.0 Å². The van der Waals surface area contributed by atoms with Crippen molar-refractivity contribution in [3.8, 4) is 0 Å². The highest BCUT2D eigenvalue weighted by Crippen LogP contribution is 2.31. The second kappa shape index (κ2) is 6.54. The lowest BCUT2D eigenvalue weighted by Crippen LogP contribution is -2.38. The van der Waals surface area contributed by atoms with Gasteiger partial charge in [0.05, 0.1) is 24.6 Å². The molecule has 0 unspecified atom stereocenters. The summed E-state index contributed by atoms with van der Waals surface area (Å²) >= 11 is 0. The van der Waals surface area contributed by atoms with Gasteiger partial charge in [0.25, 0.3) is 5.56 Å². The Balaban J connectivity index is 2.01. The van der Waals surface area contributed by atoms with Crippen LogP contribution in [-0.4, -0.2) is 48.8 Å². The summed E-state index contributed by atoms with van der Waals surface area (Å²) in [5, 5.41) is 12.7. The Morgan fingerprint density at radius 1 is 1.56 bits per heavy atom. The van der Waals surface area contributed by atoms with E-state index in [0.29, 0.717) is 6.42 Å². The number of aromatic amines is 1. The number of hydrogen-bond donors (Lipinski definition) is 4. The van der Waals surface area contributed by atoms with E-state index in [-0.39, 0.29) is 28.9 Å². The Morgan fingerprint density at radius 3 is 2.88 bits per heavy atom. The van der Waals surface area contributed by atoms with Gasteiger partial charge in [-0.2, -0.15) is 4.98 Å². The van der Waals surface area contributed by atoms with Crippen LogP contribution in [0.5, 0.6) is 0 Å². The van der Waals surface area contributed by atoms with Crippen molar-refractivity contribution >= 4 is 23.0 Å². The van der Waals surface area contributed by atoms with Gasteiger partial charge in [-0.05, 0) is 6.42 Å². The molecule has 0 saturated carbocycles. The van der Waals surface area contributed by atoms with Crippen LogP contribution >= 0.6 is 0 Å². The first-order chi connectivity index (χ1) is 11.8. The second-order valence-electron chi connectivity index (χ2n) is 6.42. The van der Waals surface area contributed by atoms with E-state index in [2.05, 4.69) is 20.3 Å². The number of anilines is 1. The van der Waals surface area contributed by atoms with E-state index in [1.165, 1.54) is 10.9 Å². The third kappa shape index (κ3) is 3.03. The molecular weight excluding hydrogens is 328 g/mol. The Bertz CT molecular complexity index is 844. The minimum atomic E-state index is -0.824. The first-order valence-corrected chi connectivity index (χ1v) is 8.20. The SMILES string of the molecule is CC[C@H]1O[C@@H](n2cnc3c(=O)[nH]c(NC(=O)C(C)C)nc32)[C@H](N)[C@@H]1O. The van der Waals surface area contributed by atoms with E-state index in [1.54, 1.807) is 13.8 Å². The number of aliphatic hydroxyl groups excluding tert-OH is 1. The van der Waals surface area contributed by atoms with E-state index in [0.717, 1.165) is 0 Å². The van der Waals surface area contributed by atoms with Crippen LogP contribution in [0.2, 0.25) is 0 Å². The fourth-order valence-electron chi connectivity index (χ4n) is 2.79. The number of H-pyrrole nitrogens is 1. The molecule has 0 bridgehead atoms. The highest BCUT2D eigenvalue weighted by atomic mass is 16.5. The van der Waals surface area contributed by atoms with Gasteiger partial charge in [0.1, 0.15) is 0 Å². The number of fused-ring (bicyclic) bond motifs is 1. The monoisotopic (exact) mass is 350 g/mol. The summed E-state index contributed by atoms with van der Waals surface area (Å²) in [6.45, 7) is 5.35. The molecule has 1 aliphatic rings. The maximum atomic E-state index is 12.2. The van der Waals surface area contributed by atoms with Crippen LogP contribution in [-0.2, 0) is 9.53 Å². The summed E-state index contributed by atoms with van der Waals surface area (Å²) in [5.74, 6) is -0.515. The Kier molecular flexibility index (Phi) is 4.58. The molecule has 3 heterocycles. The molecule has 1 amide bonds. The molecule has 0 aliphatic carbocycles. The van der Waals surface area contributed by atoms with Crippen LogP contribution in [0.4, 0.5) is 5.95 Å². The number of nitrogens with one attached hydrogen (secondary N) is 2. The molecule has 10 nitrogen and oxygen atoms in total. The largest absolute Gasteiger partial charge is 0.389 e. The summed E-state index contributed by atoms with van der Waals surface area (Å²) in [7, 11) is 0. The minimum absolute atomic E-state index is 0.0251. The highest BCUT2D eigenvalue weighted by molar-refractivity contribution is 5.91. The van der Waals surface area contributed by atoms with E-state index in [9.17, 15) is 14.7 Å². The van der Waals surface area contributed by atoms with E-state index >= 15 is 0 Å². The van der Waals surface area contributed by atoms with Crippen molar-refractivity contribution in [2.75, 3.05) is 5.32 Å². The number of nitrogens with two attached hydrogens (primary N) is 1. The zero-order valence-electron chi connectivity index (χ0n) is 14.3. The quantitative estimate of drug-likeness (QED) is 0.592. The second-order valence-corrected chi connectivity index (χ2v) is 6.42. The van der Waals surface area contributed by atoms with Gasteiger partial charge in [-0.25, -0.2) is 4.98 Å². The van der Waals surface area contributed by atoms with Gasteiger partial charge >= 0.3 is 0 Å². The molecule has 1 fully saturated rings. The van der Waals surface area contributed by atoms with Crippen molar-refractivity contribution < 1.29 is 14.6 Å². The van der Waals surface area contributed by atoms with Crippen LogP contribution in [0.3, 0.4) is 0 Å². The molecular formula is C15H22N6O4. The molecule has 1 saturated heterocycles. The molecule has 0 aromatic carbocycles. The molecule has 2 aromatic heterocycles. The van der Waals surface area contributed by atoms with Crippen molar-refractivity contribution in [2.45, 2.75) is 51.7 Å². The summed E-state index contributed by atoms with van der Waals surface area (Å²) in [6, 6.07) is -0.683. The number of ether oxygens (including phenoxy) is 1. The van der Waals surface area contributed by atoms with Gasteiger partial charge in [-0.15, -0.1) is 0 Å². The number of rotatable bonds is 4. The molecule has 3 rings (SSSR count). The van der Waals surface area contributed by atoms with Gasteiger partial charge in [0, 0.05) is 5.92 Å². The van der Waals surface area contributed by atoms with Crippen LogP contribution in [0.15, 0.2) is 11.1 Å². The summed E-state index contributed by atoms with van der Waals surface area (Å²) in [6.07, 6.45) is 0.0693. The number of carbonyl (C=O) groups excluding carboxylic acids is 1. The topological polar surface area (TPSA) is 148 Å². The number of hydrogen-bond acceptors (Lipinski definition) is 7. The average molecular weight is 350 g/mol. The standard InChI is InChI=1S/C15H22N6O4/c1-4-7-10(22)8(16)14(25-7)21-5-17-9-11(21)18-15(20-13(9)24)19-12(23)6(2)3/h5-8,10,14,22H,4,16H2,1-3H3,(H2,18,19,20,23,24)/t7-,8-,10-,14-/m1/s1. The maximum absolute atomic E-state index is 12.2. The predicted octanol–water partition coefficient (Wildman–Crippen LogP) is -0.290. The maximum Gasteiger partial charge on any atom is 0.280 e. The number of carbonyl (C=O) groups is 1. The number of aromatic nitrogens is 4. The van der Waals surface area contributed by atoms with E-state index in [4.69, 9.17) is 10.5 Å². The summed E-state index contributed by atoms with van der Waals surface area (Å²) in [5.41, 5.74) is 5.91. The summed E-state index contributed by atoms with van der Waals surface area (Å²) in [4.78, 5) is 34.9. The Morgan fingerprint density at radius 2 is 2.28 bits per heavy atom. The molecule has 2 aromatic rings. The number of amides is 1. The molecule has 136 valence electrons. The molecule has 1 aliphatic heterocycles. The van der Waals surface area contributed by atoms with Crippen LogP contribution in [0, 0.1) is 5.92 Å². The predicted molar refractivity (Wildman–Crippen MR) is 89.8 cm³/mol. The van der Waals surface area contributed by atoms with Crippen LogP contribution < -0.4 is 16.6 Å². The van der Waals surface area contributed by atoms with Gasteiger partial charge in [0.2, 0.25) is 11.9 Å². The number of aliphatic hydroxyl groups is 1. The number of imidazole rings is 1. The van der Waals surface area contributed by atoms with Gasteiger partial charge < -0.3 is 15.6 Å². The lowest BCUT2D eigenvalue weighted by Gasteiger charge is -2.17. The lowest BCUT2D eigenvalue weighted by molar-refractivity contribution is -0.118. The van der Waals surface area contributed by atoms with Crippen molar-refractivity contribution in [1.29, 1.82) is 0 Å². The smallest absolute Gasteiger partial charge is 0.280 e. The van der Waals surface area contributed by atoms with Crippen molar-refractivity contribution in [3.63, 3.8) is 0 Å². The summed E-state index contributed by atoms with van der Waals surface area (Å²) < 4.78 is 7.31.